The van der Waals surface area contributed by atoms with E-state index in [0.29, 0.717) is 11.4 Å². The molecule has 0 unspecified atom stereocenters. The molecule has 0 atom stereocenters. The van der Waals surface area contributed by atoms with Crippen LogP contribution in [0, 0.1) is 0 Å². The standard InChI is InChI=1S/C13H22N2O2S/c1-4-10-15(3)18(16,17)13-8-6-12(7-9-13)11-14-5-2/h6-9,14H,4-5,10-11H2,1-3H3. The second kappa shape index (κ2) is 6.87. The lowest BCUT2D eigenvalue weighted by Crippen LogP contribution is -2.27. The van der Waals surface area contributed by atoms with Gasteiger partial charge < -0.3 is 5.32 Å². The molecule has 0 heterocycles. The van der Waals surface area contributed by atoms with Crippen molar-refractivity contribution in [3.8, 4) is 0 Å². The molecule has 0 bridgehead atoms. The zero-order chi connectivity index (χ0) is 13.6. The maximum atomic E-state index is 12.2. The smallest absolute Gasteiger partial charge is 0.242 e. The molecular weight excluding hydrogens is 248 g/mol. The highest BCUT2D eigenvalue weighted by molar-refractivity contribution is 7.89. The summed E-state index contributed by atoms with van der Waals surface area (Å²) in [4.78, 5) is 0.360. The number of benzene rings is 1. The molecule has 1 rings (SSSR count). The van der Waals surface area contributed by atoms with Gasteiger partial charge in [-0.05, 0) is 30.7 Å². The number of rotatable bonds is 7. The highest BCUT2D eigenvalue weighted by atomic mass is 32.2. The van der Waals surface area contributed by atoms with Crippen molar-refractivity contribution in [2.75, 3.05) is 20.1 Å². The highest BCUT2D eigenvalue weighted by Crippen LogP contribution is 2.15. The fourth-order valence-electron chi connectivity index (χ4n) is 1.66. The van der Waals surface area contributed by atoms with Crippen LogP contribution in [0.3, 0.4) is 0 Å². The molecule has 102 valence electrons. The van der Waals surface area contributed by atoms with Crippen LogP contribution >= 0.6 is 0 Å². The molecule has 0 amide bonds. The first-order chi connectivity index (χ1) is 8.52. The van der Waals surface area contributed by atoms with Crippen LogP contribution in [0.25, 0.3) is 0 Å². The Bertz CT molecular complexity index is 454. The summed E-state index contributed by atoms with van der Waals surface area (Å²) in [7, 11) is -1.71. The van der Waals surface area contributed by atoms with Gasteiger partial charge in [0.05, 0.1) is 4.90 Å². The third-order valence-electron chi connectivity index (χ3n) is 2.75. The Morgan fingerprint density at radius 1 is 1.17 bits per heavy atom. The van der Waals surface area contributed by atoms with Crippen molar-refractivity contribution in [3.63, 3.8) is 0 Å². The van der Waals surface area contributed by atoms with E-state index in [2.05, 4.69) is 5.32 Å². The van der Waals surface area contributed by atoms with Gasteiger partial charge in [-0.2, -0.15) is 0 Å². The molecule has 18 heavy (non-hydrogen) atoms. The number of hydrogen-bond acceptors (Lipinski definition) is 3. The summed E-state index contributed by atoms with van der Waals surface area (Å²) in [6.45, 7) is 6.21. The van der Waals surface area contributed by atoms with Gasteiger partial charge in [-0.25, -0.2) is 12.7 Å². The molecule has 0 aliphatic carbocycles. The van der Waals surface area contributed by atoms with E-state index in [-0.39, 0.29) is 0 Å². The van der Waals surface area contributed by atoms with Crippen LogP contribution in [0.4, 0.5) is 0 Å². The van der Waals surface area contributed by atoms with E-state index < -0.39 is 10.0 Å². The molecule has 0 aliphatic rings. The van der Waals surface area contributed by atoms with Crippen LogP contribution in [-0.2, 0) is 16.6 Å². The Kier molecular flexibility index (Phi) is 5.78. The van der Waals surface area contributed by atoms with E-state index in [1.807, 2.05) is 26.0 Å². The van der Waals surface area contributed by atoms with Gasteiger partial charge in [-0.1, -0.05) is 26.0 Å². The largest absolute Gasteiger partial charge is 0.313 e. The van der Waals surface area contributed by atoms with Crippen LogP contribution in [0.5, 0.6) is 0 Å². The zero-order valence-electron chi connectivity index (χ0n) is 11.3. The average molecular weight is 270 g/mol. The van der Waals surface area contributed by atoms with Gasteiger partial charge in [-0.15, -0.1) is 0 Å². The topological polar surface area (TPSA) is 49.4 Å². The maximum Gasteiger partial charge on any atom is 0.242 e. The Balaban J connectivity index is 2.84. The number of sulfonamides is 1. The van der Waals surface area contributed by atoms with Crippen molar-refractivity contribution in [1.29, 1.82) is 0 Å². The van der Waals surface area contributed by atoms with Gasteiger partial charge in [-0.3, -0.25) is 0 Å². The number of nitrogens with one attached hydrogen (secondary N) is 1. The predicted molar refractivity (Wildman–Crippen MR) is 73.9 cm³/mol. The van der Waals surface area contributed by atoms with Crippen LogP contribution < -0.4 is 5.32 Å². The van der Waals surface area contributed by atoms with Gasteiger partial charge >= 0.3 is 0 Å². The molecular formula is C13H22N2O2S. The van der Waals surface area contributed by atoms with E-state index in [0.717, 1.165) is 25.1 Å². The molecule has 4 nitrogen and oxygen atoms in total. The maximum absolute atomic E-state index is 12.2. The molecule has 0 radical (unpaired) electrons. The van der Waals surface area contributed by atoms with E-state index in [4.69, 9.17) is 0 Å². The minimum absolute atomic E-state index is 0.360. The lowest BCUT2D eigenvalue weighted by molar-refractivity contribution is 0.468. The SMILES string of the molecule is CCCN(C)S(=O)(=O)c1ccc(CNCC)cc1. The summed E-state index contributed by atoms with van der Waals surface area (Å²) in [5.41, 5.74) is 1.09. The summed E-state index contributed by atoms with van der Waals surface area (Å²) < 4.78 is 25.7. The summed E-state index contributed by atoms with van der Waals surface area (Å²) >= 11 is 0. The molecule has 0 saturated heterocycles. The van der Waals surface area contributed by atoms with E-state index in [9.17, 15) is 8.42 Å². The Labute approximate surface area is 110 Å². The Hall–Kier alpha value is -0.910. The van der Waals surface area contributed by atoms with E-state index in [1.165, 1.54) is 4.31 Å². The average Bonchev–Trinajstić information content (AvgIpc) is 2.37. The van der Waals surface area contributed by atoms with Crippen LogP contribution in [0.2, 0.25) is 0 Å². The van der Waals surface area contributed by atoms with Crippen molar-refractivity contribution < 1.29 is 8.42 Å². The van der Waals surface area contributed by atoms with E-state index >= 15 is 0 Å². The first-order valence-electron chi connectivity index (χ1n) is 6.28. The quantitative estimate of drug-likeness (QED) is 0.822. The number of hydrogen-bond donors (Lipinski definition) is 1. The fourth-order valence-corrected chi connectivity index (χ4v) is 2.93. The Morgan fingerprint density at radius 3 is 2.28 bits per heavy atom. The molecule has 0 aliphatic heterocycles. The minimum atomic E-state index is -3.33. The lowest BCUT2D eigenvalue weighted by atomic mass is 10.2. The molecule has 0 spiro atoms. The van der Waals surface area contributed by atoms with Crippen molar-refractivity contribution in [2.24, 2.45) is 0 Å². The molecule has 0 fully saturated rings. The first-order valence-corrected chi connectivity index (χ1v) is 7.72. The van der Waals surface area contributed by atoms with Gasteiger partial charge in [0.25, 0.3) is 0 Å². The van der Waals surface area contributed by atoms with Crippen molar-refractivity contribution in [3.05, 3.63) is 29.8 Å². The predicted octanol–water partition coefficient (Wildman–Crippen LogP) is 1.83. The van der Waals surface area contributed by atoms with Crippen LogP contribution in [0.15, 0.2) is 29.2 Å². The first kappa shape index (κ1) is 15.1. The van der Waals surface area contributed by atoms with Crippen molar-refractivity contribution in [2.45, 2.75) is 31.7 Å². The zero-order valence-corrected chi connectivity index (χ0v) is 12.1. The molecule has 0 saturated carbocycles. The minimum Gasteiger partial charge on any atom is -0.313 e. The molecule has 0 aromatic heterocycles. The summed E-state index contributed by atoms with van der Waals surface area (Å²) in [5, 5.41) is 3.21. The molecule has 1 aromatic carbocycles. The fraction of sp³-hybridized carbons (Fsp3) is 0.538. The second-order valence-electron chi connectivity index (χ2n) is 4.25. The molecule has 5 heteroatoms. The van der Waals surface area contributed by atoms with Gasteiger partial charge in [0.1, 0.15) is 0 Å². The third kappa shape index (κ3) is 3.80. The van der Waals surface area contributed by atoms with Gasteiger partial charge in [0.15, 0.2) is 0 Å². The monoisotopic (exact) mass is 270 g/mol. The van der Waals surface area contributed by atoms with Crippen LogP contribution in [0.1, 0.15) is 25.8 Å². The van der Waals surface area contributed by atoms with Crippen molar-refractivity contribution >= 4 is 10.0 Å². The summed E-state index contributed by atoms with van der Waals surface area (Å²) in [6.07, 6.45) is 0.814. The third-order valence-corrected chi connectivity index (χ3v) is 4.62. The highest BCUT2D eigenvalue weighted by Gasteiger charge is 2.19. The van der Waals surface area contributed by atoms with Gasteiger partial charge in [0.2, 0.25) is 10.0 Å². The summed E-state index contributed by atoms with van der Waals surface area (Å²) in [5.74, 6) is 0. The van der Waals surface area contributed by atoms with Crippen LogP contribution in [-0.4, -0.2) is 32.9 Å². The van der Waals surface area contributed by atoms with E-state index in [1.54, 1.807) is 19.2 Å². The summed E-state index contributed by atoms with van der Waals surface area (Å²) in [6, 6.07) is 7.06. The Morgan fingerprint density at radius 2 is 1.78 bits per heavy atom. The lowest BCUT2D eigenvalue weighted by Gasteiger charge is -2.16. The normalized spacial score (nSPS) is 12.0. The number of nitrogens with zero attached hydrogens (tertiary/aromatic N) is 1. The van der Waals surface area contributed by atoms with Crippen molar-refractivity contribution in [1.82, 2.24) is 9.62 Å². The van der Waals surface area contributed by atoms with Gasteiger partial charge in [0, 0.05) is 20.1 Å². The molecule has 1 aromatic rings. The molecule has 1 N–H and O–H groups in total. The second-order valence-corrected chi connectivity index (χ2v) is 6.30.